The molecule has 0 radical (unpaired) electrons. The van der Waals surface area contributed by atoms with E-state index in [1.807, 2.05) is 0 Å². The summed E-state index contributed by atoms with van der Waals surface area (Å²) < 4.78 is 40.3. The van der Waals surface area contributed by atoms with Crippen LogP contribution in [0.5, 0.6) is 0 Å². The van der Waals surface area contributed by atoms with Crippen molar-refractivity contribution in [3.8, 4) is 0 Å². The van der Waals surface area contributed by atoms with Crippen LogP contribution in [0.15, 0.2) is 47.4 Å². The van der Waals surface area contributed by atoms with E-state index in [0.29, 0.717) is 5.56 Å². The lowest BCUT2D eigenvalue weighted by atomic mass is 10.2. The second kappa shape index (κ2) is 5.78. The van der Waals surface area contributed by atoms with Crippen molar-refractivity contribution >= 4 is 27.3 Å². The summed E-state index contributed by atoms with van der Waals surface area (Å²) >= 11 is 5.62. The third kappa shape index (κ3) is 3.09. The fraction of sp³-hybridized carbons (Fsp3) is 0.0769. The zero-order valence-corrected chi connectivity index (χ0v) is 11.9. The fourth-order valence-electron chi connectivity index (χ4n) is 1.71. The van der Waals surface area contributed by atoms with Crippen LogP contribution < -0.4 is 10.5 Å². The summed E-state index contributed by atoms with van der Waals surface area (Å²) in [6.07, 6.45) is 0. The smallest absolute Gasteiger partial charge is 0.262 e. The lowest BCUT2D eigenvalue weighted by molar-refractivity contribution is 0.597. The van der Waals surface area contributed by atoms with Gasteiger partial charge in [0.2, 0.25) is 0 Å². The minimum absolute atomic E-state index is 0.0249. The molecule has 0 aromatic heterocycles. The van der Waals surface area contributed by atoms with Crippen LogP contribution in [0.4, 0.5) is 10.1 Å². The summed E-state index contributed by atoms with van der Waals surface area (Å²) in [7, 11) is -3.90. The number of benzene rings is 2. The molecule has 2 rings (SSSR count). The first-order valence-electron chi connectivity index (χ1n) is 5.70. The maximum atomic E-state index is 13.6. The van der Waals surface area contributed by atoms with E-state index in [4.69, 9.17) is 17.3 Å². The fourth-order valence-corrected chi connectivity index (χ4v) is 3.18. The van der Waals surface area contributed by atoms with Gasteiger partial charge in [-0.3, -0.25) is 4.72 Å². The SMILES string of the molecule is NCc1ccccc1S(=O)(=O)Nc1ccc(Cl)cc1F. The van der Waals surface area contributed by atoms with E-state index in [-0.39, 0.29) is 22.2 Å². The van der Waals surface area contributed by atoms with Crippen molar-refractivity contribution in [2.24, 2.45) is 5.73 Å². The molecule has 4 nitrogen and oxygen atoms in total. The van der Waals surface area contributed by atoms with Gasteiger partial charge < -0.3 is 5.73 Å². The van der Waals surface area contributed by atoms with Crippen molar-refractivity contribution in [1.29, 1.82) is 0 Å². The highest BCUT2D eigenvalue weighted by Gasteiger charge is 2.19. The second-order valence-electron chi connectivity index (χ2n) is 4.04. The van der Waals surface area contributed by atoms with Gasteiger partial charge in [-0.25, -0.2) is 12.8 Å². The van der Waals surface area contributed by atoms with Crippen molar-refractivity contribution < 1.29 is 12.8 Å². The summed E-state index contributed by atoms with van der Waals surface area (Å²) in [5.41, 5.74) is 5.79. The van der Waals surface area contributed by atoms with Crippen molar-refractivity contribution in [3.05, 3.63) is 58.9 Å². The number of anilines is 1. The molecule has 2 aromatic rings. The molecular formula is C13H12ClFN2O2S. The zero-order valence-electron chi connectivity index (χ0n) is 10.3. The van der Waals surface area contributed by atoms with Crippen LogP contribution in [-0.4, -0.2) is 8.42 Å². The molecule has 20 heavy (non-hydrogen) atoms. The molecule has 0 saturated carbocycles. The molecule has 0 fully saturated rings. The number of sulfonamides is 1. The van der Waals surface area contributed by atoms with Gasteiger partial charge in [-0.15, -0.1) is 0 Å². The van der Waals surface area contributed by atoms with Crippen LogP contribution >= 0.6 is 11.6 Å². The first-order valence-corrected chi connectivity index (χ1v) is 7.56. The first-order chi connectivity index (χ1) is 9.44. The van der Waals surface area contributed by atoms with Crippen LogP contribution in [0.25, 0.3) is 0 Å². The van der Waals surface area contributed by atoms with Gasteiger partial charge in [-0.2, -0.15) is 0 Å². The number of halogens is 2. The van der Waals surface area contributed by atoms with E-state index in [1.54, 1.807) is 18.2 Å². The Kier molecular flexibility index (Phi) is 4.27. The third-order valence-corrected chi connectivity index (χ3v) is 4.36. The number of nitrogens with one attached hydrogen (secondary N) is 1. The normalized spacial score (nSPS) is 11.3. The van der Waals surface area contributed by atoms with Crippen LogP contribution in [0.1, 0.15) is 5.56 Å². The van der Waals surface area contributed by atoms with Crippen LogP contribution in [0.2, 0.25) is 5.02 Å². The summed E-state index contributed by atoms with van der Waals surface area (Å²) in [5.74, 6) is -0.744. The van der Waals surface area contributed by atoms with Crippen molar-refractivity contribution in [2.75, 3.05) is 4.72 Å². The quantitative estimate of drug-likeness (QED) is 0.911. The molecule has 0 atom stereocenters. The molecule has 7 heteroatoms. The van der Waals surface area contributed by atoms with E-state index >= 15 is 0 Å². The van der Waals surface area contributed by atoms with Gasteiger partial charge in [-0.05, 0) is 29.8 Å². The van der Waals surface area contributed by atoms with Gasteiger partial charge in [0.1, 0.15) is 5.82 Å². The molecule has 106 valence electrons. The standard InChI is InChI=1S/C13H12ClFN2O2S/c14-10-5-6-12(11(15)7-10)17-20(18,19)13-4-2-1-3-9(13)8-16/h1-7,17H,8,16H2. The van der Waals surface area contributed by atoms with Crippen LogP contribution in [-0.2, 0) is 16.6 Å². The minimum Gasteiger partial charge on any atom is -0.326 e. The van der Waals surface area contributed by atoms with Gasteiger partial charge >= 0.3 is 0 Å². The number of hydrogen-bond donors (Lipinski definition) is 2. The highest BCUT2D eigenvalue weighted by atomic mass is 35.5. The van der Waals surface area contributed by atoms with Gasteiger partial charge in [-0.1, -0.05) is 29.8 Å². The Balaban J connectivity index is 2.41. The lowest BCUT2D eigenvalue weighted by Gasteiger charge is -2.12. The maximum absolute atomic E-state index is 13.6. The highest BCUT2D eigenvalue weighted by Crippen LogP contribution is 2.23. The molecule has 0 heterocycles. The first kappa shape index (κ1) is 14.8. The largest absolute Gasteiger partial charge is 0.326 e. The molecule has 0 aliphatic rings. The number of rotatable bonds is 4. The summed E-state index contributed by atoms with van der Waals surface area (Å²) in [4.78, 5) is 0.0249. The Morgan fingerprint density at radius 3 is 2.55 bits per heavy atom. The monoisotopic (exact) mass is 314 g/mol. The van der Waals surface area contributed by atoms with Gasteiger partial charge in [0.05, 0.1) is 10.6 Å². The maximum Gasteiger partial charge on any atom is 0.262 e. The van der Waals surface area contributed by atoms with Gasteiger partial charge in [0.25, 0.3) is 10.0 Å². The molecule has 0 spiro atoms. The average Bonchev–Trinajstić information content (AvgIpc) is 2.42. The molecule has 3 N–H and O–H groups in total. The zero-order chi connectivity index (χ0) is 14.8. The molecule has 0 aliphatic heterocycles. The molecule has 0 bridgehead atoms. The van der Waals surface area contributed by atoms with E-state index < -0.39 is 15.8 Å². The van der Waals surface area contributed by atoms with E-state index in [2.05, 4.69) is 4.72 Å². The second-order valence-corrected chi connectivity index (χ2v) is 6.13. The number of hydrogen-bond acceptors (Lipinski definition) is 3. The van der Waals surface area contributed by atoms with Crippen molar-refractivity contribution in [1.82, 2.24) is 0 Å². The Morgan fingerprint density at radius 1 is 1.20 bits per heavy atom. The van der Waals surface area contributed by atoms with Gasteiger partial charge in [0.15, 0.2) is 0 Å². The summed E-state index contributed by atoms with van der Waals surface area (Å²) in [6.45, 7) is 0.0696. The molecule has 0 aliphatic carbocycles. The molecule has 0 unspecified atom stereocenters. The molecule has 2 aromatic carbocycles. The minimum atomic E-state index is -3.90. The summed E-state index contributed by atoms with van der Waals surface area (Å²) in [6, 6.07) is 9.98. The van der Waals surface area contributed by atoms with E-state index in [0.717, 1.165) is 6.07 Å². The molecular weight excluding hydrogens is 303 g/mol. The Morgan fingerprint density at radius 2 is 1.90 bits per heavy atom. The number of nitrogens with two attached hydrogens (primary N) is 1. The Hall–Kier alpha value is -1.63. The Labute approximate surface area is 121 Å². The van der Waals surface area contributed by atoms with Crippen LogP contribution in [0, 0.1) is 5.82 Å². The average molecular weight is 315 g/mol. The predicted octanol–water partition coefficient (Wildman–Crippen LogP) is 2.74. The Bertz CT molecular complexity index is 735. The predicted molar refractivity (Wildman–Crippen MR) is 76.6 cm³/mol. The molecule has 0 saturated heterocycles. The van der Waals surface area contributed by atoms with Crippen molar-refractivity contribution in [3.63, 3.8) is 0 Å². The highest BCUT2D eigenvalue weighted by molar-refractivity contribution is 7.92. The summed E-state index contributed by atoms with van der Waals surface area (Å²) in [5, 5.41) is 0.188. The van der Waals surface area contributed by atoms with Gasteiger partial charge in [0, 0.05) is 11.6 Å². The lowest BCUT2D eigenvalue weighted by Crippen LogP contribution is -2.17. The molecule has 0 amide bonds. The van der Waals surface area contributed by atoms with E-state index in [9.17, 15) is 12.8 Å². The van der Waals surface area contributed by atoms with Crippen LogP contribution in [0.3, 0.4) is 0 Å². The van der Waals surface area contributed by atoms with E-state index in [1.165, 1.54) is 18.2 Å². The topological polar surface area (TPSA) is 72.2 Å². The third-order valence-electron chi connectivity index (χ3n) is 2.66. The van der Waals surface area contributed by atoms with Crippen molar-refractivity contribution in [2.45, 2.75) is 11.4 Å².